The lowest BCUT2D eigenvalue weighted by Crippen LogP contribution is -2.26. The minimum Gasteiger partial charge on any atom is -0.393 e. The Hall–Kier alpha value is -2.26. The largest absolute Gasteiger partial charge is 0.393 e. The van der Waals surface area contributed by atoms with Gasteiger partial charge in [-0.3, -0.25) is 14.9 Å². The molecule has 0 fully saturated rings. The number of halogens is 1. The van der Waals surface area contributed by atoms with Gasteiger partial charge in [-0.05, 0) is 0 Å². The van der Waals surface area contributed by atoms with E-state index in [0.717, 1.165) is 0 Å². The van der Waals surface area contributed by atoms with E-state index in [0.29, 0.717) is 12.1 Å². The molecular formula is C10H12FN3O5. The maximum absolute atomic E-state index is 13.6. The van der Waals surface area contributed by atoms with Gasteiger partial charge in [-0.25, -0.2) is 4.39 Å². The molecule has 19 heavy (non-hydrogen) atoms. The standard InChI is InChI=1S/C10H12FN3O5/c11-5-2-6(12)7(14(18)19)1-4(5)10(17)8(15)3-9(13)16/h1-2,8,10,15,17H,3,12H2,(H2,13,16). The zero-order chi connectivity index (χ0) is 14.7. The zero-order valence-corrected chi connectivity index (χ0v) is 9.62. The molecule has 0 saturated carbocycles. The normalized spacial score (nSPS) is 13.8. The Morgan fingerprint density at radius 3 is 2.53 bits per heavy atom. The van der Waals surface area contributed by atoms with Crippen LogP contribution in [0.5, 0.6) is 0 Å². The highest BCUT2D eigenvalue weighted by Gasteiger charge is 2.26. The van der Waals surface area contributed by atoms with Gasteiger partial charge in [-0.1, -0.05) is 0 Å². The van der Waals surface area contributed by atoms with Gasteiger partial charge in [-0.2, -0.15) is 0 Å². The molecule has 1 amide bonds. The summed E-state index contributed by atoms with van der Waals surface area (Å²) < 4.78 is 13.6. The summed E-state index contributed by atoms with van der Waals surface area (Å²) in [5, 5.41) is 29.7. The third kappa shape index (κ3) is 3.36. The van der Waals surface area contributed by atoms with Crippen molar-refractivity contribution in [1.29, 1.82) is 0 Å². The highest BCUT2D eigenvalue weighted by atomic mass is 19.1. The van der Waals surface area contributed by atoms with Gasteiger partial charge in [0.15, 0.2) is 0 Å². The van der Waals surface area contributed by atoms with E-state index in [1.165, 1.54) is 0 Å². The van der Waals surface area contributed by atoms with Crippen molar-refractivity contribution in [1.82, 2.24) is 0 Å². The lowest BCUT2D eigenvalue weighted by molar-refractivity contribution is -0.384. The third-order valence-electron chi connectivity index (χ3n) is 2.44. The highest BCUT2D eigenvalue weighted by molar-refractivity contribution is 5.74. The van der Waals surface area contributed by atoms with Crippen LogP contribution >= 0.6 is 0 Å². The van der Waals surface area contributed by atoms with Crippen LogP contribution in [0.15, 0.2) is 12.1 Å². The van der Waals surface area contributed by atoms with Crippen LogP contribution in [0, 0.1) is 15.9 Å². The fourth-order valence-corrected chi connectivity index (χ4v) is 1.50. The van der Waals surface area contributed by atoms with Gasteiger partial charge in [0.2, 0.25) is 5.91 Å². The maximum Gasteiger partial charge on any atom is 0.292 e. The van der Waals surface area contributed by atoms with Crippen LogP contribution in [0.3, 0.4) is 0 Å². The number of nitro groups is 1. The number of primary amides is 1. The van der Waals surface area contributed by atoms with Gasteiger partial charge in [0.05, 0.1) is 17.4 Å². The van der Waals surface area contributed by atoms with Crippen molar-refractivity contribution in [3.05, 3.63) is 33.6 Å². The first-order valence-electron chi connectivity index (χ1n) is 5.11. The van der Waals surface area contributed by atoms with Crippen molar-refractivity contribution in [3.63, 3.8) is 0 Å². The van der Waals surface area contributed by atoms with Gasteiger partial charge in [-0.15, -0.1) is 0 Å². The predicted molar refractivity (Wildman–Crippen MR) is 62.2 cm³/mol. The minimum atomic E-state index is -1.83. The zero-order valence-electron chi connectivity index (χ0n) is 9.62. The molecule has 1 aromatic rings. The van der Waals surface area contributed by atoms with Crippen molar-refractivity contribution in [3.8, 4) is 0 Å². The average molecular weight is 273 g/mol. The van der Waals surface area contributed by atoms with Crippen LogP contribution in [0.25, 0.3) is 0 Å². The number of carbonyl (C=O) groups is 1. The molecule has 1 rings (SSSR count). The molecule has 9 heteroatoms. The Morgan fingerprint density at radius 2 is 2.05 bits per heavy atom. The number of aliphatic hydroxyl groups is 2. The van der Waals surface area contributed by atoms with E-state index >= 15 is 0 Å². The first kappa shape index (κ1) is 14.8. The van der Waals surface area contributed by atoms with Gasteiger partial charge >= 0.3 is 0 Å². The SMILES string of the molecule is NC(=O)CC(O)C(O)c1cc([N+](=O)[O-])c(N)cc1F. The molecule has 0 saturated heterocycles. The summed E-state index contributed by atoms with van der Waals surface area (Å²) in [5.41, 5.74) is 8.51. The van der Waals surface area contributed by atoms with Crippen LogP contribution in [0.1, 0.15) is 18.1 Å². The fourth-order valence-electron chi connectivity index (χ4n) is 1.50. The number of hydrogen-bond acceptors (Lipinski definition) is 6. The summed E-state index contributed by atoms with van der Waals surface area (Å²) in [6, 6.07) is 1.37. The number of aliphatic hydroxyl groups excluding tert-OH is 2. The number of nitrogen functional groups attached to an aromatic ring is 1. The quantitative estimate of drug-likeness (QED) is 0.325. The molecule has 0 aromatic heterocycles. The predicted octanol–water partition coefficient (Wildman–Crippen LogP) is -0.414. The number of anilines is 1. The summed E-state index contributed by atoms with van der Waals surface area (Å²) in [4.78, 5) is 20.4. The molecule has 2 unspecified atom stereocenters. The second-order valence-corrected chi connectivity index (χ2v) is 3.87. The lowest BCUT2D eigenvalue weighted by Gasteiger charge is -2.17. The molecule has 8 nitrogen and oxygen atoms in total. The van der Waals surface area contributed by atoms with Gasteiger partial charge < -0.3 is 21.7 Å². The molecule has 0 bridgehead atoms. The first-order valence-corrected chi connectivity index (χ1v) is 5.11. The number of rotatable bonds is 5. The van der Waals surface area contributed by atoms with E-state index in [4.69, 9.17) is 11.5 Å². The van der Waals surface area contributed by atoms with Crippen molar-refractivity contribution in [2.45, 2.75) is 18.6 Å². The number of nitrogens with zero attached hydrogens (tertiary/aromatic N) is 1. The smallest absolute Gasteiger partial charge is 0.292 e. The van der Waals surface area contributed by atoms with Crippen molar-refractivity contribution in [2.75, 3.05) is 5.73 Å². The number of carbonyl (C=O) groups excluding carboxylic acids is 1. The Labute approximate surface area is 106 Å². The highest BCUT2D eigenvalue weighted by Crippen LogP contribution is 2.30. The van der Waals surface area contributed by atoms with Gasteiger partial charge in [0.1, 0.15) is 17.6 Å². The Bertz CT molecular complexity index is 522. The molecule has 104 valence electrons. The number of hydrogen-bond donors (Lipinski definition) is 4. The second-order valence-electron chi connectivity index (χ2n) is 3.87. The topological polar surface area (TPSA) is 153 Å². The third-order valence-corrected chi connectivity index (χ3v) is 2.44. The Balaban J connectivity index is 3.15. The van der Waals surface area contributed by atoms with Gasteiger partial charge in [0.25, 0.3) is 5.69 Å². The Kier molecular flexibility index (Phi) is 4.35. The molecule has 0 heterocycles. The van der Waals surface area contributed by atoms with E-state index in [-0.39, 0.29) is 0 Å². The Morgan fingerprint density at radius 1 is 1.47 bits per heavy atom. The summed E-state index contributed by atoms with van der Waals surface area (Å²) in [6.07, 6.45) is -4.11. The minimum absolute atomic E-state index is 0.414. The molecule has 0 aliphatic heterocycles. The van der Waals surface area contributed by atoms with Crippen molar-refractivity contribution >= 4 is 17.3 Å². The monoisotopic (exact) mass is 273 g/mol. The van der Waals surface area contributed by atoms with Crippen LogP contribution in [0.4, 0.5) is 15.8 Å². The summed E-state index contributed by atoms with van der Waals surface area (Å²) >= 11 is 0. The van der Waals surface area contributed by atoms with E-state index in [1.54, 1.807) is 0 Å². The summed E-state index contributed by atoms with van der Waals surface area (Å²) in [6.45, 7) is 0. The molecule has 6 N–H and O–H groups in total. The second kappa shape index (κ2) is 5.59. The van der Waals surface area contributed by atoms with E-state index in [1.807, 2.05) is 0 Å². The molecule has 1 aromatic carbocycles. The van der Waals surface area contributed by atoms with Gasteiger partial charge in [0, 0.05) is 17.7 Å². The van der Waals surface area contributed by atoms with Crippen LogP contribution < -0.4 is 11.5 Å². The van der Waals surface area contributed by atoms with Crippen LogP contribution in [0.2, 0.25) is 0 Å². The fraction of sp³-hybridized carbons (Fsp3) is 0.300. The number of amides is 1. The van der Waals surface area contributed by atoms with Crippen molar-refractivity contribution < 1.29 is 24.3 Å². The summed E-state index contributed by atoms with van der Waals surface area (Å²) in [7, 11) is 0. The molecule has 0 aliphatic carbocycles. The maximum atomic E-state index is 13.6. The van der Waals surface area contributed by atoms with E-state index < -0.39 is 52.2 Å². The van der Waals surface area contributed by atoms with E-state index in [9.17, 15) is 29.5 Å². The van der Waals surface area contributed by atoms with Crippen LogP contribution in [-0.2, 0) is 4.79 Å². The number of nitrogens with two attached hydrogens (primary N) is 2. The molecule has 2 atom stereocenters. The lowest BCUT2D eigenvalue weighted by atomic mass is 10.00. The van der Waals surface area contributed by atoms with Crippen molar-refractivity contribution in [2.24, 2.45) is 5.73 Å². The average Bonchev–Trinajstić information content (AvgIpc) is 2.26. The molecule has 0 radical (unpaired) electrons. The first-order chi connectivity index (χ1) is 8.73. The van der Waals surface area contributed by atoms with Crippen LogP contribution in [-0.4, -0.2) is 27.1 Å². The number of nitro benzene ring substituents is 1. The summed E-state index contributed by atoms with van der Waals surface area (Å²) in [5.74, 6) is -1.93. The molecule has 0 aliphatic rings. The molecule has 0 spiro atoms. The number of benzene rings is 1. The molecular weight excluding hydrogens is 261 g/mol. The van der Waals surface area contributed by atoms with E-state index in [2.05, 4.69) is 0 Å².